The monoisotopic (exact) mass is 293 g/mol. The Morgan fingerprint density at radius 1 is 1.00 bits per heavy atom. The van der Waals surface area contributed by atoms with Crippen molar-refractivity contribution in [2.24, 2.45) is 0 Å². The maximum atomic E-state index is 9.56. The Labute approximate surface area is 130 Å². The van der Waals surface area contributed by atoms with Crippen LogP contribution in [0.2, 0.25) is 0 Å². The molecule has 0 amide bonds. The third kappa shape index (κ3) is 2.65. The highest BCUT2D eigenvalue weighted by molar-refractivity contribution is 5.64. The zero-order valence-electron chi connectivity index (χ0n) is 12.8. The minimum Gasteiger partial charge on any atom is -0.390 e. The standard InChI is InChI=1S/C18H19N3O/c1-3-14-6-10-16(11-7-14)21-18(17(12-22)19-20-21)15-8-4-13(2)5-9-15/h4-11,22H,3,12H2,1-2H3. The Bertz CT molecular complexity index is 758. The summed E-state index contributed by atoms with van der Waals surface area (Å²) in [4.78, 5) is 0. The molecule has 0 spiro atoms. The van der Waals surface area contributed by atoms with Crippen LogP contribution in [0.25, 0.3) is 16.9 Å². The van der Waals surface area contributed by atoms with Gasteiger partial charge >= 0.3 is 0 Å². The fraction of sp³-hybridized carbons (Fsp3) is 0.222. The van der Waals surface area contributed by atoms with Gasteiger partial charge in [-0.3, -0.25) is 0 Å². The zero-order chi connectivity index (χ0) is 15.5. The summed E-state index contributed by atoms with van der Waals surface area (Å²) in [7, 11) is 0. The summed E-state index contributed by atoms with van der Waals surface area (Å²) < 4.78 is 1.79. The molecule has 1 aromatic heterocycles. The van der Waals surface area contributed by atoms with Gasteiger partial charge < -0.3 is 5.11 Å². The van der Waals surface area contributed by atoms with Crippen LogP contribution in [0.3, 0.4) is 0 Å². The van der Waals surface area contributed by atoms with E-state index in [0.717, 1.165) is 23.4 Å². The van der Waals surface area contributed by atoms with Crippen LogP contribution in [0.5, 0.6) is 0 Å². The second-order valence-corrected chi connectivity index (χ2v) is 5.34. The molecule has 0 unspecified atom stereocenters. The first-order chi connectivity index (χ1) is 10.7. The Hall–Kier alpha value is -2.46. The third-order valence-electron chi connectivity index (χ3n) is 3.80. The van der Waals surface area contributed by atoms with Crippen LogP contribution < -0.4 is 0 Å². The average Bonchev–Trinajstić information content (AvgIpc) is 2.99. The zero-order valence-corrected chi connectivity index (χ0v) is 12.8. The molecule has 0 aliphatic rings. The number of nitrogens with zero attached hydrogens (tertiary/aromatic N) is 3. The largest absolute Gasteiger partial charge is 0.390 e. The van der Waals surface area contributed by atoms with E-state index in [2.05, 4.69) is 36.3 Å². The molecule has 0 bridgehead atoms. The van der Waals surface area contributed by atoms with Gasteiger partial charge in [0.2, 0.25) is 0 Å². The molecule has 0 atom stereocenters. The molecule has 3 aromatic rings. The first kappa shape index (κ1) is 14.5. The lowest BCUT2D eigenvalue weighted by Crippen LogP contribution is -2.00. The van der Waals surface area contributed by atoms with Crippen LogP contribution in [-0.4, -0.2) is 20.1 Å². The number of hydrogen-bond donors (Lipinski definition) is 1. The maximum Gasteiger partial charge on any atom is 0.117 e. The van der Waals surface area contributed by atoms with Crippen molar-refractivity contribution in [3.05, 3.63) is 65.4 Å². The highest BCUT2D eigenvalue weighted by Crippen LogP contribution is 2.25. The molecular formula is C18H19N3O. The van der Waals surface area contributed by atoms with Gasteiger partial charge in [-0.2, -0.15) is 0 Å². The van der Waals surface area contributed by atoms with Crippen molar-refractivity contribution < 1.29 is 5.11 Å². The molecule has 0 saturated heterocycles. The lowest BCUT2D eigenvalue weighted by atomic mass is 10.1. The normalized spacial score (nSPS) is 10.9. The van der Waals surface area contributed by atoms with Crippen LogP contribution in [0, 0.1) is 6.92 Å². The Morgan fingerprint density at radius 2 is 1.68 bits per heavy atom. The van der Waals surface area contributed by atoms with Gasteiger partial charge in [-0.1, -0.05) is 54.1 Å². The first-order valence-electron chi connectivity index (χ1n) is 7.44. The van der Waals surface area contributed by atoms with E-state index in [4.69, 9.17) is 0 Å². The molecule has 1 heterocycles. The molecule has 112 valence electrons. The van der Waals surface area contributed by atoms with Gasteiger partial charge in [0, 0.05) is 5.56 Å². The lowest BCUT2D eigenvalue weighted by Gasteiger charge is -2.09. The summed E-state index contributed by atoms with van der Waals surface area (Å²) in [5, 5.41) is 17.9. The molecule has 1 N–H and O–H groups in total. The molecule has 3 rings (SSSR count). The Morgan fingerprint density at radius 3 is 2.27 bits per heavy atom. The lowest BCUT2D eigenvalue weighted by molar-refractivity contribution is 0.277. The minimum atomic E-state index is -0.129. The summed E-state index contributed by atoms with van der Waals surface area (Å²) >= 11 is 0. The molecule has 22 heavy (non-hydrogen) atoms. The smallest absolute Gasteiger partial charge is 0.117 e. The SMILES string of the molecule is CCc1ccc(-n2nnc(CO)c2-c2ccc(C)cc2)cc1. The van der Waals surface area contributed by atoms with E-state index in [1.165, 1.54) is 11.1 Å². The van der Waals surface area contributed by atoms with Crippen molar-refractivity contribution in [3.8, 4) is 16.9 Å². The Kier molecular flexibility index (Phi) is 4.02. The number of aliphatic hydroxyl groups excluding tert-OH is 1. The van der Waals surface area contributed by atoms with Crippen LogP contribution >= 0.6 is 0 Å². The minimum absolute atomic E-state index is 0.129. The second kappa shape index (κ2) is 6.12. The van der Waals surface area contributed by atoms with Crippen molar-refractivity contribution in [1.29, 1.82) is 0 Å². The summed E-state index contributed by atoms with van der Waals surface area (Å²) in [6.45, 7) is 4.05. The molecule has 0 aliphatic carbocycles. The van der Waals surface area contributed by atoms with Gasteiger partial charge in [-0.05, 0) is 31.0 Å². The van der Waals surface area contributed by atoms with Gasteiger partial charge in [-0.25, -0.2) is 4.68 Å². The van der Waals surface area contributed by atoms with Crippen molar-refractivity contribution in [1.82, 2.24) is 15.0 Å². The molecule has 2 aromatic carbocycles. The first-order valence-corrected chi connectivity index (χ1v) is 7.44. The Balaban J connectivity index is 2.11. The number of rotatable bonds is 4. The number of hydrogen-bond acceptors (Lipinski definition) is 3. The molecular weight excluding hydrogens is 274 g/mol. The van der Waals surface area contributed by atoms with E-state index in [-0.39, 0.29) is 6.61 Å². The van der Waals surface area contributed by atoms with Crippen molar-refractivity contribution in [3.63, 3.8) is 0 Å². The summed E-state index contributed by atoms with van der Waals surface area (Å²) in [5.74, 6) is 0. The average molecular weight is 293 g/mol. The number of aliphatic hydroxyl groups is 1. The number of benzene rings is 2. The molecule has 0 fully saturated rings. The van der Waals surface area contributed by atoms with E-state index < -0.39 is 0 Å². The second-order valence-electron chi connectivity index (χ2n) is 5.34. The van der Waals surface area contributed by atoms with E-state index in [1.807, 2.05) is 36.4 Å². The number of aromatic nitrogens is 3. The fourth-order valence-electron chi connectivity index (χ4n) is 2.47. The quantitative estimate of drug-likeness (QED) is 0.803. The highest BCUT2D eigenvalue weighted by atomic mass is 16.3. The van der Waals surface area contributed by atoms with Gasteiger partial charge in [0.05, 0.1) is 12.3 Å². The molecule has 4 heteroatoms. The van der Waals surface area contributed by atoms with E-state index in [9.17, 15) is 5.11 Å². The van der Waals surface area contributed by atoms with Crippen LogP contribution in [0.4, 0.5) is 0 Å². The molecule has 4 nitrogen and oxygen atoms in total. The van der Waals surface area contributed by atoms with E-state index in [0.29, 0.717) is 5.69 Å². The van der Waals surface area contributed by atoms with Gasteiger partial charge in [0.25, 0.3) is 0 Å². The molecule has 0 saturated carbocycles. The van der Waals surface area contributed by atoms with E-state index >= 15 is 0 Å². The van der Waals surface area contributed by atoms with Gasteiger partial charge in [-0.15, -0.1) is 5.10 Å². The van der Waals surface area contributed by atoms with Crippen molar-refractivity contribution in [2.45, 2.75) is 26.9 Å². The predicted octanol–water partition coefficient (Wildman–Crippen LogP) is 3.30. The van der Waals surface area contributed by atoms with Gasteiger partial charge in [0.1, 0.15) is 11.4 Å². The third-order valence-corrected chi connectivity index (χ3v) is 3.80. The molecule has 0 aliphatic heterocycles. The molecule has 0 radical (unpaired) electrons. The van der Waals surface area contributed by atoms with Crippen molar-refractivity contribution >= 4 is 0 Å². The van der Waals surface area contributed by atoms with E-state index in [1.54, 1.807) is 4.68 Å². The number of aryl methyl sites for hydroxylation is 2. The topological polar surface area (TPSA) is 50.9 Å². The fourth-order valence-corrected chi connectivity index (χ4v) is 2.47. The summed E-state index contributed by atoms with van der Waals surface area (Å²) in [6.07, 6.45) is 1.00. The summed E-state index contributed by atoms with van der Waals surface area (Å²) in [6, 6.07) is 16.4. The van der Waals surface area contributed by atoms with Crippen LogP contribution in [0.1, 0.15) is 23.7 Å². The maximum absolute atomic E-state index is 9.56. The summed E-state index contributed by atoms with van der Waals surface area (Å²) in [5.41, 5.74) is 5.85. The van der Waals surface area contributed by atoms with Gasteiger partial charge in [0.15, 0.2) is 0 Å². The van der Waals surface area contributed by atoms with Crippen molar-refractivity contribution in [2.75, 3.05) is 0 Å². The predicted molar refractivity (Wildman–Crippen MR) is 86.8 cm³/mol. The highest BCUT2D eigenvalue weighted by Gasteiger charge is 2.15. The van der Waals surface area contributed by atoms with Crippen LogP contribution in [0.15, 0.2) is 48.5 Å². The van der Waals surface area contributed by atoms with Crippen LogP contribution in [-0.2, 0) is 13.0 Å².